The van der Waals surface area contributed by atoms with Crippen LogP contribution >= 0.6 is 0 Å². The van der Waals surface area contributed by atoms with Crippen LogP contribution in [0.25, 0.3) is 0 Å². The number of rotatable bonds is 19. The van der Waals surface area contributed by atoms with E-state index in [1.165, 1.54) is 83.5 Å². The van der Waals surface area contributed by atoms with Gasteiger partial charge in [0.15, 0.2) is 0 Å². The Morgan fingerprint density at radius 2 is 1.29 bits per heavy atom. The molecule has 0 radical (unpaired) electrons. The smallest absolute Gasteiger partial charge is 0.114 e. The fraction of sp³-hybridized carbons (Fsp3) is 1.00. The minimum atomic E-state index is -0.997. The molecular weight excluding hydrogens is 356 g/mol. The molecule has 0 saturated carbocycles. The van der Waals surface area contributed by atoms with Crippen molar-refractivity contribution in [2.45, 2.75) is 128 Å². The van der Waals surface area contributed by atoms with E-state index in [9.17, 15) is 10.2 Å². The summed E-state index contributed by atoms with van der Waals surface area (Å²) in [5, 5.41) is 28.6. The molecule has 1 fully saturated rings. The first-order valence-electron chi connectivity index (χ1n) is 11.9. The third kappa shape index (κ3) is 11.7. The molecule has 3 N–H and O–H groups in total. The summed E-state index contributed by atoms with van der Waals surface area (Å²) in [7, 11) is 0. The molecule has 5 heteroatoms. The van der Waals surface area contributed by atoms with Crippen LogP contribution < -0.4 is 0 Å². The van der Waals surface area contributed by atoms with Crippen molar-refractivity contribution in [3.05, 3.63) is 0 Å². The monoisotopic (exact) mass is 402 g/mol. The Kier molecular flexibility index (Phi) is 16.3. The highest BCUT2D eigenvalue weighted by atomic mass is 16.6. The number of unbranched alkanes of at least 4 members (excludes halogenated alkanes) is 14. The molecule has 0 aromatic rings. The lowest BCUT2D eigenvalue weighted by Gasteiger charge is -2.23. The van der Waals surface area contributed by atoms with Gasteiger partial charge in [-0.2, -0.15) is 0 Å². The number of hydrogen-bond acceptors (Lipinski definition) is 5. The molecule has 1 aliphatic rings. The van der Waals surface area contributed by atoms with Crippen LogP contribution in [-0.2, 0) is 9.47 Å². The number of hydrogen-bond donors (Lipinski definition) is 3. The van der Waals surface area contributed by atoms with Gasteiger partial charge in [-0.15, -0.1) is 0 Å². The second kappa shape index (κ2) is 17.6. The summed E-state index contributed by atoms with van der Waals surface area (Å²) < 4.78 is 11.0. The molecule has 0 bridgehead atoms. The Hall–Kier alpha value is -0.200. The highest BCUT2D eigenvalue weighted by Gasteiger charge is 2.40. The second-order valence-electron chi connectivity index (χ2n) is 8.40. The molecule has 5 nitrogen and oxygen atoms in total. The standard InChI is InChI=1S/C23H46O5/c1-2-3-4-5-6-7-8-9-10-11-12-13-14-15-16-17-27-23-21(26)19-28-22(23)20(25)18-24/h20-26H,2-19H2,1H3/t20-,21+,22-,23-/m0/s1. The molecule has 0 aromatic heterocycles. The van der Waals surface area contributed by atoms with E-state index in [4.69, 9.17) is 14.6 Å². The number of aliphatic hydroxyl groups excluding tert-OH is 3. The van der Waals surface area contributed by atoms with Crippen molar-refractivity contribution in [1.82, 2.24) is 0 Å². The average molecular weight is 403 g/mol. The summed E-state index contributed by atoms with van der Waals surface area (Å²) in [5.41, 5.74) is 0. The Bertz CT molecular complexity index is 339. The van der Waals surface area contributed by atoms with Gasteiger partial charge in [0.25, 0.3) is 0 Å². The molecule has 0 unspecified atom stereocenters. The van der Waals surface area contributed by atoms with Gasteiger partial charge in [0.05, 0.1) is 13.2 Å². The van der Waals surface area contributed by atoms with E-state index >= 15 is 0 Å². The summed E-state index contributed by atoms with van der Waals surface area (Å²) in [6, 6.07) is 0. The fourth-order valence-electron chi connectivity index (χ4n) is 3.95. The van der Waals surface area contributed by atoms with Gasteiger partial charge in [0.2, 0.25) is 0 Å². The average Bonchev–Trinajstić information content (AvgIpc) is 3.07. The molecule has 28 heavy (non-hydrogen) atoms. The van der Waals surface area contributed by atoms with Crippen molar-refractivity contribution in [2.24, 2.45) is 0 Å². The topological polar surface area (TPSA) is 79.2 Å². The first-order valence-corrected chi connectivity index (χ1v) is 11.9. The SMILES string of the molecule is CCCCCCCCCCCCCCCCCO[C@@H]1[C@H]([C@@H](O)CO)OC[C@H]1O. The minimum Gasteiger partial charge on any atom is -0.394 e. The zero-order valence-corrected chi connectivity index (χ0v) is 18.2. The highest BCUT2D eigenvalue weighted by molar-refractivity contribution is 4.89. The first-order chi connectivity index (χ1) is 13.7. The maximum atomic E-state index is 9.89. The van der Waals surface area contributed by atoms with Gasteiger partial charge < -0.3 is 24.8 Å². The van der Waals surface area contributed by atoms with E-state index in [1.54, 1.807) is 0 Å². The summed E-state index contributed by atoms with van der Waals surface area (Å²) in [6.07, 6.45) is 17.0. The van der Waals surface area contributed by atoms with Gasteiger partial charge in [-0.05, 0) is 6.42 Å². The molecule has 0 amide bonds. The van der Waals surface area contributed by atoms with Gasteiger partial charge in [0, 0.05) is 6.61 Å². The van der Waals surface area contributed by atoms with Crippen molar-refractivity contribution < 1.29 is 24.8 Å². The van der Waals surface area contributed by atoms with Crippen molar-refractivity contribution in [3.8, 4) is 0 Å². The third-order valence-electron chi connectivity index (χ3n) is 5.79. The maximum absolute atomic E-state index is 9.89. The quantitative estimate of drug-likeness (QED) is 0.280. The Morgan fingerprint density at radius 1 is 0.821 bits per heavy atom. The van der Waals surface area contributed by atoms with E-state index in [-0.39, 0.29) is 13.2 Å². The van der Waals surface area contributed by atoms with Gasteiger partial charge in [-0.3, -0.25) is 0 Å². The Morgan fingerprint density at radius 3 is 1.75 bits per heavy atom. The van der Waals surface area contributed by atoms with Gasteiger partial charge in [0.1, 0.15) is 24.4 Å². The van der Waals surface area contributed by atoms with Gasteiger partial charge >= 0.3 is 0 Å². The predicted molar refractivity (Wildman–Crippen MR) is 114 cm³/mol. The molecule has 0 aliphatic carbocycles. The molecule has 0 aromatic carbocycles. The normalized spacial score (nSPS) is 23.4. The lowest BCUT2D eigenvalue weighted by atomic mass is 10.0. The van der Waals surface area contributed by atoms with Crippen LogP contribution in [0.5, 0.6) is 0 Å². The highest BCUT2D eigenvalue weighted by Crippen LogP contribution is 2.21. The van der Waals surface area contributed by atoms with Crippen LogP contribution in [0.15, 0.2) is 0 Å². The maximum Gasteiger partial charge on any atom is 0.114 e. The van der Waals surface area contributed by atoms with Crippen molar-refractivity contribution in [1.29, 1.82) is 0 Å². The molecular formula is C23H46O5. The summed E-state index contributed by atoms with van der Waals surface area (Å²) in [6.45, 7) is 2.62. The second-order valence-corrected chi connectivity index (χ2v) is 8.40. The number of aliphatic hydroxyl groups is 3. The Labute approximate surface area is 172 Å². The van der Waals surface area contributed by atoms with Crippen LogP contribution in [0.2, 0.25) is 0 Å². The summed E-state index contributed by atoms with van der Waals surface area (Å²) in [4.78, 5) is 0. The molecule has 4 atom stereocenters. The predicted octanol–water partition coefficient (Wildman–Crippen LogP) is 4.36. The van der Waals surface area contributed by atoms with E-state index in [2.05, 4.69) is 6.92 Å². The zero-order chi connectivity index (χ0) is 20.5. The molecule has 1 heterocycles. The lowest BCUT2D eigenvalue weighted by molar-refractivity contribution is -0.0938. The van der Waals surface area contributed by atoms with E-state index < -0.39 is 24.4 Å². The van der Waals surface area contributed by atoms with Crippen LogP contribution in [0, 0.1) is 0 Å². The van der Waals surface area contributed by atoms with E-state index in [1.807, 2.05) is 0 Å². The van der Waals surface area contributed by atoms with Crippen molar-refractivity contribution in [3.63, 3.8) is 0 Å². The van der Waals surface area contributed by atoms with Crippen LogP contribution in [-0.4, -0.2) is 59.6 Å². The van der Waals surface area contributed by atoms with Crippen molar-refractivity contribution in [2.75, 3.05) is 19.8 Å². The Balaban J connectivity index is 1.84. The van der Waals surface area contributed by atoms with E-state index in [0.29, 0.717) is 6.61 Å². The van der Waals surface area contributed by atoms with Crippen LogP contribution in [0.1, 0.15) is 103 Å². The van der Waals surface area contributed by atoms with Gasteiger partial charge in [-0.25, -0.2) is 0 Å². The first kappa shape index (κ1) is 25.8. The molecule has 1 saturated heterocycles. The minimum absolute atomic E-state index is 0.158. The lowest BCUT2D eigenvalue weighted by Crippen LogP contribution is -2.42. The third-order valence-corrected chi connectivity index (χ3v) is 5.79. The number of ether oxygens (including phenoxy) is 2. The molecule has 0 spiro atoms. The van der Waals surface area contributed by atoms with Crippen LogP contribution in [0.4, 0.5) is 0 Å². The zero-order valence-electron chi connectivity index (χ0n) is 18.2. The molecule has 1 aliphatic heterocycles. The largest absolute Gasteiger partial charge is 0.394 e. The molecule has 168 valence electrons. The van der Waals surface area contributed by atoms with Crippen LogP contribution in [0.3, 0.4) is 0 Å². The van der Waals surface area contributed by atoms with Crippen molar-refractivity contribution >= 4 is 0 Å². The summed E-state index contributed by atoms with van der Waals surface area (Å²) >= 11 is 0. The van der Waals surface area contributed by atoms with Gasteiger partial charge in [-0.1, -0.05) is 96.8 Å². The fourth-order valence-corrected chi connectivity index (χ4v) is 3.95. The summed E-state index contributed by atoms with van der Waals surface area (Å²) in [5.74, 6) is 0. The molecule has 1 rings (SSSR count). The van der Waals surface area contributed by atoms with E-state index in [0.717, 1.165) is 12.8 Å².